The zero-order valence-electron chi connectivity index (χ0n) is 17.4. The van der Waals surface area contributed by atoms with Gasteiger partial charge in [-0.3, -0.25) is 19.8 Å². The highest BCUT2D eigenvalue weighted by atomic mass is 32.1. The van der Waals surface area contributed by atoms with Crippen LogP contribution in [0.1, 0.15) is 30.5 Å². The molecule has 0 spiro atoms. The molecule has 1 N–H and O–H groups in total. The molecular weight excluding hydrogens is 400 g/mol. The van der Waals surface area contributed by atoms with Crippen molar-refractivity contribution in [2.45, 2.75) is 27.7 Å². The molecule has 3 rings (SSSR count). The van der Waals surface area contributed by atoms with E-state index in [1.54, 1.807) is 18.2 Å². The number of amides is 2. The number of hydrogen-bond acceptors (Lipinski definition) is 5. The number of aryl methyl sites for hydroxylation is 1. The number of thiocarbonyl (C=S) groups is 1. The van der Waals surface area contributed by atoms with Crippen molar-refractivity contribution < 1.29 is 19.1 Å². The molecule has 0 radical (unpaired) electrons. The van der Waals surface area contributed by atoms with Gasteiger partial charge >= 0.3 is 0 Å². The van der Waals surface area contributed by atoms with Gasteiger partial charge in [0.15, 0.2) is 16.6 Å². The summed E-state index contributed by atoms with van der Waals surface area (Å²) in [5, 5.41) is 2.69. The van der Waals surface area contributed by atoms with E-state index in [1.807, 2.05) is 45.9 Å². The lowest BCUT2D eigenvalue weighted by Gasteiger charge is -2.30. The average molecular weight is 425 g/mol. The van der Waals surface area contributed by atoms with Crippen molar-refractivity contribution in [2.75, 3.05) is 18.1 Å². The van der Waals surface area contributed by atoms with E-state index in [9.17, 15) is 9.59 Å². The fraction of sp³-hybridized carbons (Fsp3) is 0.261. The van der Waals surface area contributed by atoms with Crippen molar-refractivity contribution in [2.24, 2.45) is 0 Å². The van der Waals surface area contributed by atoms with E-state index in [0.717, 1.165) is 11.1 Å². The van der Waals surface area contributed by atoms with Crippen molar-refractivity contribution in [3.63, 3.8) is 0 Å². The Morgan fingerprint density at radius 2 is 1.73 bits per heavy atom. The summed E-state index contributed by atoms with van der Waals surface area (Å²) in [5.74, 6) is 0.168. The lowest BCUT2D eigenvalue weighted by Crippen LogP contribution is -2.54. The highest BCUT2D eigenvalue weighted by molar-refractivity contribution is 7.80. The van der Waals surface area contributed by atoms with Gasteiger partial charge in [0.2, 0.25) is 0 Å². The standard InChI is InChI=1S/C23H24N2O4S/c1-5-28-19-11-10-16(13-20(19)29-6-2)12-17-21(26)24-23(30)25(22(17)27)18-9-7-8-14(3)15(18)4/h7-13H,5-6H2,1-4H3,(H,24,26,30)/b17-12+. The molecule has 7 heteroatoms. The Morgan fingerprint density at radius 3 is 2.43 bits per heavy atom. The zero-order chi connectivity index (χ0) is 21.8. The number of carbonyl (C=O) groups excluding carboxylic acids is 2. The van der Waals surface area contributed by atoms with E-state index in [4.69, 9.17) is 21.7 Å². The smallest absolute Gasteiger partial charge is 0.270 e. The van der Waals surface area contributed by atoms with Crippen LogP contribution in [-0.2, 0) is 9.59 Å². The van der Waals surface area contributed by atoms with Crippen molar-refractivity contribution >= 4 is 40.9 Å². The summed E-state index contributed by atoms with van der Waals surface area (Å²) in [5.41, 5.74) is 3.24. The Kier molecular flexibility index (Phi) is 6.52. The van der Waals surface area contributed by atoms with Gasteiger partial charge in [-0.1, -0.05) is 18.2 Å². The van der Waals surface area contributed by atoms with Crippen LogP contribution >= 0.6 is 12.2 Å². The highest BCUT2D eigenvalue weighted by Crippen LogP contribution is 2.31. The van der Waals surface area contributed by atoms with Crippen LogP contribution in [0.5, 0.6) is 11.5 Å². The molecule has 1 aliphatic heterocycles. The minimum atomic E-state index is -0.529. The first kappa shape index (κ1) is 21.5. The van der Waals surface area contributed by atoms with Crippen LogP contribution in [0.2, 0.25) is 0 Å². The minimum absolute atomic E-state index is 0.00360. The molecule has 1 fully saturated rings. The first-order valence-corrected chi connectivity index (χ1v) is 10.2. The summed E-state index contributed by atoms with van der Waals surface area (Å²) in [6.45, 7) is 8.61. The maximum Gasteiger partial charge on any atom is 0.270 e. The molecule has 2 aromatic rings. The predicted octanol–water partition coefficient (Wildman–Crippen LogP) is 3.93. The molecule has 1 aliphatic rings. The topological polar surface area (TPSA) is 67.9 Å². The molecule has 1 heterocycles. The number of hydrogen-bond donors (Lipinski definition) is 1. The predicted molar refractivity (Wildman–Crippen MR) is 121 cm³/mol. The number of carbonyl (C=O) groups is 2. The summed E-state index contributed by atoms with van der Waals surface area (Å²) in [7, 11) is 0. The minimum Gasteiger partial charge on any atom is -0.490 e. The largest absolute Gasteiger partial charge is 0.490 e. The molecule has 30 heavy (non-hydrogen) atoms. The van der Waals surface area contributed by atoms with Crippen LogP contribution in [-0.4, -0.2) is 30.1 Å². The lowest BCUT2D eigenvalue weighted by molar-refractivity contribution is -0.122. The van der Waals surface area contributed by atoms with Crippen LogP contribution in [0.3, 0.4) is 0 Å². The Bertz CT molecular complexity index is 1050. The number of nitrogens with zero attached hydrogens (tertiary/aromatic N) is 1. The first-order chi connectivity index (χ1) is 14.4. The monoisotopic (exact) mass is 424 g/mol. The summed E-state index contributed by atoms with van der Waals surface area (Å²) in [6.07, 6.45) is 1.54. The van der Waals surface area contributed by atoms with E-state index in [0.29, 0.717) is 36.0 Å². The summed E-state index contributed by atoms with van der Waals surface area (Å²) in [4.78, 5) is 27.2. The number of ether oxygens (including phenoxy) is 2. The fourth-order valence-electron chi connectivity index (χ4n) is 3.18. The average Bonchev–Trinajstić information content (AvgIpc) is 2.70. The molecule has 2 amide bonds. The van der Waals surface area contributed by atoms with Crippen molar-refractivity contribution in [3.8, 4) is 11.5 Å². The first-order valence-electron chi connectivity index (χ1n) is 9.74. The fourth-order valence-corrected chi connectivity index (χ4v) is 3.45. The number of anilines is 1. The third-order valence-corrected chi connectivity index (χ3v) is 5.08. The highest BCUT2D eigenvalue weighted by Gasteiger charge is 2.35. The van der Waals surface area contributed by atoms with Gasteiger partial charge in [-0.15, -0.1) is 0 Å². The maximum atomic E-state index is 13.2. The summed E-state index contributed by atoms with van der Waals surface area (Å²) in [6, 6.07) is 10.9. The number of nitrogens with one attached hydrogen (secondary N) is 1. The molecule has 0 aliphatic carbocycles. The van der Waals surface area contributed by atoms with Crippen LogP contribution in [0.15, 0.2) is 42.0 Å². The van der Waals surface area contributed by atoms with Crippen molar-refractivity contribution in [3.05, 3.63) is 58.7 Å². The third kappa shape index (κ3) is 4.21. The van der Waals surface area contributed by atoms with Gasteiger partial charge in [-0.2, -0.15) is 0 Å². The molecule has 1 saturated heterocycles. The molecule has 0 saturated carbocycles. The molecule has 0 unspecified atom stereocenters. The zero-order valence-corrected chi connectivity index (χ0v) is 18.3. The van der Waals surface area contributed by atoms with Gasteiger partial charge in [0.25, 0.3) is 11.8 Å². The lowest BCUT2D eigenvalue weighted by atomic mass is 10.0. The molecular formula is C23H24N2O4S. The van der Waals surface area contributed by atoms with Gasteiger partial charge < -0.3 is 9.47 Å². The molecule has 0 atom stereocenters. The Balaban J connectivity index is 2.02. The SMILES string of the molecule is CCOc1ccc(/C=C2\C(=O)NC(=S)N(c3cccc(C)c3C)C2=O)cc1OCC. The maximum absolute atomic E-state index is 13.2. The molecule has 156 valence electrons. The quantitative estimate of drug-likeness (QED) is 0.432. The van der Waals surface area contributed by atoms with Gasteiger partial charge in [0, 0.05) is 0 Å². The Morgan fingerprint density at radius 1 is 1.03 bits per heavy atom. The second-order valence-corrected chi connectivity index (χ2v) is 7.14. The van der Waals surface area contributed by atoms with Crippen molar-refractivity contribution in [1.82, 2.24) is 5.32 Å². The van der Waals surface area contributed by atoms with Gasteiger partial charge in [0.1, 0.15) is 5.57 Å². The van der Waals surface area contributed by atoms with E-state index in [1.165, 1.54) is 11.0 Å². The van der Waals surface area contributed by atoms with Crippen LogP contribution in [0.25, 0.3) is 6.08 Å². The summed E-state index contributed by atoms with van der Waals surface area (Å²) >= 11 is 5.29. The summed E-state index contributed by atoms with van der Waals surface area (Å²) < 4.78 is 11.2. The van der Waals surface area contributed by atoms with E-state index in [2.05, 4.69) is 5.32 Å². The second-order valence-electron chi connectivity index (χ2n) is 6.75. The Hall–Kier alpha value is -3.19. The second kappa shape index (κ2) is 9.09. The van der Waals surface area contributed by atoms with Crippen molar-refractivity contribution in [1.29, 1.82) is 0 Å². The number of rotatable bonds is 6. The van der Waals surface area contributed by atoms with Crippen LogP contribution in [0.4, 0.5) is 5.69 Å². The number of benzene rings is 2. The molecule has 2 aromatic carbocycles. The molecule has 6 nitrogen and oxygen atoms in total. The van der Waals surface area contributed by atoms with E-state index >= 15 is 0 Å². The Labute approximate surface area is 181 Å². The normalized spacial score (nSPS) is 15.4. The van der Waals surface area contributed by atoms with Gasteiger partial charge in [-0.25, -0.2) is 0 Å². The van der Waals surface area contributed by atoms with Gasteiger partial charge in [-0.05, 0) is 80.9 Å². The van der Waals surface area contributed by atoms with E-state index in [-0.39, 0.29) is 10.7 Å². The third-order valence-electron chi connectivity index (χ3n) is 4.80. The molecule has 0 bridgehead atoms. The van der Waals surface area contributed by atoms with Gasteiger partial charge in [0.05, 0.1) is 18.9 Å². The van der Waals surface area contributed by atoms with E-state index < -0.39 is 11.8 Å². The molecule has 0 aromatic heterocycles. The van der Waals surface area contributed by atoms with Crippen LogP contribution < -0.4 is 19.7 Å². The van der Waals surface area contributed by atoms with Crippen LogP contribution in [0, 0.1) is 13.8 Å².